The summed E-state index contributed by atoms with van der Waals surface area (Å²) in [5.74, 6) is -1.39. The summed E-state index contributed by atoms with van der Waals surface area (Å²) in [6, 6.07) is 12.5. The number of hydrogen-bond donors (Lipinski definition) is 1. The van der Waals surface area contributed by atoms with Gasteiger partial charge in [0.2, 0.25) is 5.91 Å². The molecule has 2 aromatic carbocycles. The zero-order valence-corrected chi connectivity index (χ0v) is 19.5. The van der Waals surface area contributed by atoms with E-state index in [-0.39, 0.29) is 29.2 Å². The number of benzene rings is 2. The number of likely N-dealkylation sites (tertiary alicyclic amines) is 1. The number of carbonyl (C=O) groups excluding carboxylic acids is 3. The number of rotatable bonds is 7. The third-order valence-corrected chi connectivity index (χ3v) is 6.31. The molecule has 1 atom stereocenters. The number of nitrogens with zero attached hydrogens (tertiary/aromatic N) is 2. The third kappa shape index (κ3) is 5.78. The zero-order valence-electron chi connectivity index (χ0n) is 19.5. The summed E-state index contributed by atoms with van der Waals surface area (Å²) >= 11 is 0. The summed E-state index contributed by atoms with van der Waals surface area (Å²) in [6.45, 7) is 7.65. The SMILES string of the molecule is CCN(CC)C(=O)[C@H](NC(=O)c1cccc(C)c1)C1CCN(C(=O)c2ccccc2F)CC1. The molecule has 176 valence electrons. The number of aryl methyl sites for hydroxylation is 1. The van der Waals surface area contributed by atoms with Gasteiger partial charge in [0, 0.05) is 31.7 Å². The number of piperidine rings is 1. The van der Waals surface area contributed by atoms with Crippen molar-refractivity contribution in [2.45, 2.75) is 39.7 Å². The van der Waals surface area contributed by atoms with Gasteiger partial charge in [-0.2, -0.15) is 0 Å². The minimum absolute atomic E-state index is 0.0551. The Kier molecular flexibility index (Phi) is 8.20. The molecule has 3 rings (SSSR count). The molecular formula is C26H32FN3O3. The van der Waals surface area contributed by atoms with E-state index < -0.39 is 11.9 Å². The third-order valence-electron chi connectivity index (χ3n) is 6.31. The fraction of sp³-hybridized carbons (Fsp3) is 0.423. The summed E-state index contributed by atoms with van der Waals surface area (Å²) in [5, 5.41) is 2.97. The van der Waals surface area contributed by atoms with Crippen molar-refractivity contribution in [2.24, 2.45) is 5.92 Å². The first kappa shape index (κ1) is 24.4. The molecule has 33 heavy (non-hydrogen) atoms. The second-order valence-corrected chi connectivity index (χ2v) is 8.44. The number of amides is 3. The second-order valence-electron chi connectivity index (χ2n) is 8.44. The molecule has 0 aliphatic carbocycles. The average molecular weight is 454 g/mol. The number of nitrogens with one attached hydrogen (secondary N) is 1. The van der Waals surface area contributed by atoms with E-state index in [9.17, 15) is 18.8 Å². The van der Waals surface area contributed by atoms with Crippen LogP contribution in [0.3, 0.4) is 0 Å². The van der Waals surface area contributed by atoms with Gasteiger partial charge >= 0.3 is 0 Å². The second kappa shape index (κ2) is 11.1. The maximum atomic E-state index is 14.1. The molecule has 0 unspecified atom stereocenters. The first-order valence-electron chi connectivity index (χ1n) is 11.6. The van der Waals surface area contributed by atoms with Gasteiger partial charge in [0.1, 0.15) is 11.9 Å². The highest BCUT2D eigenvalue weighted by atomic mass is 19.1. The predicted molar refractivity (Wildman–Crippen MR) is 125 cm³/mol. The monoisotopic (exact) mass is 453 g/mol. The number of likely N-dealkylation sites (N-methyl/N-ethyl adjacent to an activating group) is 1. The lowest BCUT2D eigenvalue weighted by Crippen LogP contribution is -2.54. The molecule has 0 radical (unpaired) electrons. The van der Waals surface area contributed by atoms with Gasteiger partial charge in [0.25, 0.3) is 11.8 Å². The standard InChI is InChI=1S/C26H32FN3O3/c1-4-29(5-2)26(33)23(28-24(31)20-10-8-9-18(3)17-20)19-13-15-30(16-14-19)25(32)21-11-6-7-12-22(21)27/h6-12,17,19,23H,4-5,13-16H2,1-3H3,(H,28,31)/t23-/m1/s1. The van der Waals surface area contributed by atoms with Crippen LogP contribution in [0.2, 0.25) is 0 Å². The van der Waals surface area contributed by atoms with Crippen LogP contribution in [0.15, 0.2) is 48.5 Å². The first-order chi connectivity index (χ1) is 15.8. The number of hydrogen-bond acceptors (Lipinski definition) is 3. The van der Waals surface area contributed by atoms with Crippen LogP contribution in [0, 0.1) is 18.7 Å². The van der Waals surface area contributed by atoms with E-state index in [0.29, 0.717) is 44.6 Å². The van der Waals surface area contributed by atoms with Crippen molar-refractivity contribution in [3.63, 3.8) is 0 Å². The van der Waals surface area contributed by atoms with E-state index >= 15 is 0 Å². The summed E-state index contributed by atoms with van der Waals surface area (Å²) < 4.78 is 14.1. The molecule has 0 saturated carbocycles. The van der Waals surface area contributed by atoms with E-state index in [2.05, 4.69) is 5.32 Å². The smallest absolute Gasteiger partial charge is 0.256 e. The maximum Gasteiger partial charge on any atom is 0.256 e. The number of carbonyl (C=O) groups is 3. The van der Waals surface area contributed by atoms with Crippen molar-refractivity contribution < 1.29 is 18.8 Å². The quantitative estimate of drug-likeness (QED) is 0.696. The van der Waals surface area contributed by atoms with Gasteiger partial charge in [0.15, 0.2) is 0 Å². The minimum atomic E-state index is -0.677. The molecule has 6 nitrogen and oxygen atoms in total. The van der Waals surface area contributed by atoms with Crippen LogP contribution in [0.5, 0.6) is 0 Å². The van der Waals surface area contributed by atoms with Crippen molar-refractivity contribution in [1.29, 1.82) is 0 Å². The van der Waals surface area contributed by atoms with Crippen LogP contribution in [0.25, 0.3) is 0 Å². The molecule has 1 aliphatic heterocycles. The van der Waals surface area contributed by atoms with Crippen LogP contribution < -0.4 is 5.32 Å². The normalized spacial score (nSPS) is 15.1. The molecule has 1 saturated heterocycles. The lowest BCUT2D eigenvalue weighted by atomic mass is 9.87. The Morgan fingerprint density at radius 1 is 1.06 bits per heavy atom. The predicted octanol–water partition coefficient (Wildman–Crippen LogP) is 3.65. The van der Waals surface area contributed by atoms with E-state index in [1.807, 2.05) is 32.9 Å². The summed E-state index contributed by atoms with van der Waals surface area (Å²) in [6.07, 6.45) is 1.10. The molecule has 3 amide bonds. The molecule has 2 aromatic rings. The van der Waals surface area contributed by atoms with Crippen molar-refractivity contribution in [3.8, 4) is 0 Å². The van der Waals surface area contributed by atoms with E-state index in [1.165, 1.54) is 12.1 Å². The Hall–Kier alpha value is -3.22. The average Bonchev–Trinajstić information content (AvgIpc) is 2.83. The molecule has 0 bridgehead atoms. The Bertz CT molecular complexity index is 998. The van der Waals surface area contributed by atoms with Crippen LogP contribution >= 0.6 is 0 Å². The molecular weight excluding hydrogens is 421 g/mol. The van der Waals surface area contributed by atoms with E-state index in [1.54, 1.807) is 34.1 Å². The van der Waals surface area contributed by atoms with Gasteiger partial charge < -0.3 is 15.1 Å². The van der Waals surface area contributed by atoms with Gasteiger partial charge in [-0.05, 0) is 63.8 Å². The summed E-state index contributed by atoms with van der Waals surface area (Å²) in [7, 11) is 0. The van der Waals surface area contributed by atoms with Gasteiger partial charge in [-0.15, -0.1) is 0 Å². The van der Waals surface area contributed by atoms with Crippen molar-refractivity contribution in [2.75, 3.05) is 26.2 Å². The van der Waals surface area contributed by atoms with Gasteiger partial charge in [-0.25, -0.2) is 4.39 Å². The van der Waals surface area contributed by atoms with Crippen LogP contribution in [-0.4, -0.2) is 59.7 Å². The molecule has 0 aromatic heterocycles. The van der Waals surface area contributed by atoms with Gasteiger partial charge in [-0.3, -0.25) is 14.4 Å². The summed E-state index contributed by atoms with van der Waals surface area (Å²) in [5.41, 5.74) is 1.54. The van der Waals surface area contributed by atoms with E-state index in [4.69, 9.17) is 0 Å². The van der Waals surface area contributed by atoms with Crippen LogP contribution in [-0.2, 0) is 4.79 Å². The first-order valence-corrected chi connectivity index (χ1v) is 11.6. The van der Waals surface area contributed by atoms with Crippen LogP contribution in [0.1, 0.15) is 53.0 Å². The topological polar surface area (TPSA) is 69.7 Å². The molecule has 1 aliphatic rings. The van der Waals surface area contributed by atoms with Crippen molar-refractivity contribution in [1.82, 2.24) is 15.1 Å². The Morgan fingerprint density at radius 3 is 2.33 bits per heavy atom. The molecule has 1 fully saturated rings. The van der Waals surface area contributed by atoms with Crippen LogP contribution in [0.4, 0.5) is 4.39 Å². The highest BCUT2D eigenvalue weighted by molar-refractivity contribution is 5.98. The number of halogens is 1. The highest BCUT2D eigenvalue weighted by Crippen LogP contribution is 2.24. The maximum absolute atomic E-state index is 14.1. The lowest BCUT2D eigenvalue weighted by molar-refractivity contribution is -0.134. The van der Waals surface area contributed by atoms with Gasteiger partial charge in [-0.1, -0.05) is 29.8 Å². The molecule has 7 heteroatoms. The highest BCUT2D eigenvalue weighted by Gasteiger charge is 2.36. The minimum Gasteiger partial charge on any atom is -0.341 e. The fourth-order valence-corrected chi connectivity index (χ4v) is 4.36. The Morgan fingerprint density at radius 2 is 1.73 bits per heavy atom. The largest absolute Gasteiger partial charge is 0.341 e. The van der Waals surface area contributed by atoms with E-state index in [0.717, 1.165) is 5.56 Å². The van der Waals surface area contributed by atoms with Crippen molar-refractivity contribution in [3.05, 3.63) is 71.0 Å². The van der Waals surface area contributed by atoms with Crippen molar-refractivity contribution >= 4 is 17.7 Å². The zero-order chi connectivity index (χ0) is 24.0. The lowest BCUT2D eigenvalue weighted by Gasteiger charge is -2.37. The summed E-state index contributed by atoms with van der Waals surface area (Å²) in [4.78, 5) is 42.4. The fourth-order valence-electron chi connectivity index (χ4n) is 4.36. The molecule has 1 N–H and O–H groups in total. The van der Waals surface area contributed by atoms with Gasteiger partial charge in [0.05, 0.1) is 5.56 Å². The molecule has 1 heterocycles. The molecule has 0 spiro atoms. The Balaban J connectivity index is 1.74. The Labute approximate surface area is 194 Å².